The molecular weight excluding hydrogens is 2090 g/mol. The number of phosphoric acid groups is 2. The van der Waals surface area contributed by atoms with E-state index >= 15 is 13.7 Å². The second-order valence-corrected chi connectivity index (χ2v) is 44.3. The van der Waals surface area contributed by atoms with Crippen molar-refractivity contribution in [2.75, 3.05) is 146 Å². The number of imidazole rings is 2. The van der Waals surface area contributed by atoms with E-state index in [1.807, 2.05) is 0 Å². The van der Waals surface area contributed by atoms with E-state index in [4.69, 9.17) is 156 Å². The maximum Gasteiger partial charge on any atom is 0.472 e. The second-order valence-electron chi connectivity index (χ2n) is 33.1. The molecule has 28 atom stereocenters. The Labute approximate surface area is 828 Å². The quantitative estimate of drug-likeness (QED) is 0.0119. The number of aromatic nitrogens is 16. The number of hydrogen-bond donors (Lipinski definition) is 12. The van der Waals surface area contributed by atoms with Gasteiger partial charge in [0.25, 0.3) is 22.2 Å². The topological polar surface area (TPSA) is 751 Å². The lowest BCUT2D eigenvalue weighted by molar-refractivity contribution is -0.0850. The number of methoxy groups -OCH3 is 5. The number of anilines is 2. The molecule has 0 aromatic carbocycles. The molecule has 6 fully saturated rings. The number of rotatable bonds is 52. The molecule has 0 spiro atoms. The molecule has 6 saturated heterocycles. The van der Waals surface area contributed by atoms with E-state index in [1.165, 1.54) is 97.6 Å². The Kier molecular flexibility index (Phi) is 37.9. The standard InChI is InChI=1S/C76H109N18O42P5S3/c1-11-40-41(22-47(126-40)89-23-36(2)64(96)85-73(89)100)132-139(108,142)124-30-45-52(57(118-19-14-113-8)70(129-45)91-25-38(4)66(98)87-75(91)102)134-137(104,105)121-28-43-51(56(117-18-13-112-7)69(128-43)90-24-37(3)65(97)86-74(90)101)133-138(106,107)122-29-44-53(59(120-21-16-115-10)72(131-44)94-35-84-49-61(78)80-33-82-63(49)94)135-141(110,144)125-31-46-54(58(119-20-15-114-9)71(130-46)92-26-39(5)67(99)88-76(92)103)136-140(109,143)123-27-42-50(95)55(116-17-12-111-6)68(127-42)93-34-83-48-60(77)79-32-81-62(48)93/h23-26,32-35,40-47,50-59,68-72,95H,11-22,27-31H2,1-10H3,(H,104,105)(H,106,107)(H,108,142)(H,109,143)(H,110,144)(H2,77,79,81)(H2,78,80,82)(H,85,96,100)(H,86,97,101)(H,87,98,102)(H,88,99,103)/t40-,41-,42-,43-,44-,45-,46-,47-,50+,51+,52+,53+,54+,55?,56?,57?,58?,59?,68-,69-,70-,71-,72-,139?,140?,141?/m1/s1. The Hall–Kier alpha value is -7.48. The van der Waals surface area contributed by atoms with Crippen molar-refractivity contribution < 1.29 is 159 Å². The van der Waals surface area contributed by atoms with Crippen molar-refractivity contribution in [2.24, 2.45) is 0 Å². The molecule has 144 heavy (non-hydrogen) atoms. The molecule has 8 aromatic rings. The average Bonchev–Trinajstić information content (AvgIpc) is 1.62. The van der Waals surface area contributed by atoms with E-state index in [0.29, 0.717) is 0 Å². The normalized spacial score (nSPS) is 29.3. The fourth-order valence-electron chi connectivity index (χ4n) is 16.4. The van der Waals surface area contributed by atoms with Gasteiger partial charge < -0.3 is 126 Å². The van der Waals surface area contributed by atoms with Gasteiger partial charge in [0.2, 0.25) is 0 Å². The largest absolute Gasteiger partial charge is 0.472 e. The molecule has 14 heterocycles. The lowest BCUT2D eigenvalue weighted by Gasteiger charge is -2.30. The number of aryl methyl sites for hydroxylation is 4. The Morgan fingerprint density at radius 3 is 1.09 bits per heavy atom. The molecular formula is C76H109N18O42P5S3. The van der Waals surface area contributed by atoms with Gasteiger partial charge in [-0.3, -0.25) is 98.2 Å². The number of aromatic amines is 4. The number of phosphoric ester groups is 2. The SMILES string of the molecule is CC[C@H]1O[C@@H](n2cc(C)c(=O)[nH]c2=O)C[C@H]1OP(O)(=S)OC[C@H]1O[C@@H](n2cc(C)c(=O)[nH]c2=O)C(OCCOC)[C@H]1OP(=O)(O)OC[C@H]1O[C@@H](n2cc(C)c(=O)[nH]c2=O)C(OCCOC)[C@H]1OP(=O)(O)OC[C@H]1O[C@@H](n2cnc3c(N)ncnc32)C(OCCOC)[C@H]1OP(=O)(S)OC[C@H]1O[C@@H](n2cc(C)c(=O)[nH]c2=O)C(OCCOC)[C@H]1OP(O)(=S)OC[C@H]1O[C@@H](n2cnc3c(N)ncnc32)C(OCCOC)[C@H]1O. The summed E-state index contributed by atoms with van der Waals surface area (Å²) >= 11 is 15.7. The van der Waals surface area contributed by atoms with Crippen LogP contribution in [0.25, 0.3) is 22.3 Å². The fraction of sp³-hybridized carbons (Fsp3) is 0.658. The molecule has 6 aliphatic rings. The third-order valence-corrected chi connectivity index (χ3v) is 30.1. The summed E-state index contributed by atoms with van der Waals surface area (Å²) in [6.45, 7) is -14.8. The van der Waals surface area contributed by atoms with E-state index in [2.05, 4.69) is 62.1 Å². The van der Waals surface area contributed by atoms with E-state index in [0.717, 1.165) is 43.2 Å². The van der Waals surface area contributed by atoms with Crippen molar-refractivity contribution in [3.8, 4) is 0 Å². The highest BCUT2D eigenvalue weighted by Crippen LogP contribution is 2.60. The Bertz CT molecular complexity index is 6580. The van der Waals surface area contributed by atoms with Gasteiger partial charge in [-0.1, -0.05) is 19.2 Å². The van der Waals surface area contributed by atoms with Crippen molar-refractivity contribution in [3.05, 3.63) is 156 Å². The lowest BCUT2D eigenvalue weighted by Crippen LogP contribution is -2.42. The second kappa shape index (κ2) is 48.6. The third-order valence-electron chi connectivity index (χ3n) is 23.4. The zero-order valence-electron chi connectivity index (χ0n) is 78.3. The highest BCUT2D eigenvalue weighted by Gasteiger charge is 2.59. The molecule has 10 unspecified atom stereocenters. The van der Waals surface area contributed by atoms with Crippen LogP contribution >= 0.6 is 48.1 Å². The number of hydrogen-bond acceptors (Lipinski definition) is 48. The summed E-state index contributed by atoms with van der Waals surface area (Å²) in [5.41, 5.74) is 5.47. The smallest absolute Gasteiger partial charge is 0.387 e. The van der Waals surface area contributed by atoms with Gasteiger partial charge in [0.15, 0.2) is 54.1 Å². The first-order chi connectivity index (χ1) is 68.5. The minimum atomic E-state index is -5.96. The van der Waals surface area contributed by atoms with Crippen molar-refractivity contribution in [1.29, 1.82) is 0 Å². The summed E-state index contributed by atoms with van der Waals surface area (Å²) in [5.74, 6) is -0.103. The number of nitrogens with one attached hydrogen (secondary N) is 4. The average molecular weight is 2200 g/mol. The molecule has 6 aliphatic heterocycles. The summed E-state index contributed by atoms with van der Waals surface area (Å²) in [5, 5.41) is 11.9. The van der Waals surface area contributed by atoms with Gasteiger partial charge in [-0.25, -0.2) is 62.8 Å². The molecule has 8 aromatic heterocycles. The van der Waals surface area contributed by atoms with E-state index < -0.39 is 262 Å². The summed E-state index contributed by atoms with van der Waals surface area (Å²) in [4.78, 5) is 189. The van der Waals surface area contributed by atoms with Gasteiger partial charge >= 0.3 is 58.6 Å². The van der Waals surface area contributed by atoms with Crippen LogP contribution in [0, 0.1) is 27.7 Å². The first kappa shape index (κ1) is 112. The number of nitrogens with two attached hydrogens (primary N) is 2. The maximum atomic E-state index is 15.6. The van der Waals surface area contributed by atoms with Crippen LogP contribution in [0.3, 0.4) is 0 Å². The predicted octanol–water partition coefficient (Wildman–Crippen LogP) is -1.35. The summed E-state index contributed by atoms with van der Waals surface area (Å²) in [6, 6.07) is 0. The van der Waals surface area contributed by atoms with Crippen LogP contribution in [0.15, 0.2) is 88.5 Å². The van der Waals surface area contributed by atoms with Gasteiger partial charge in [-0.05, 0) is 57.7 Å². The molecule has 0 bridgehead atoms. The van der Waals surface area contributed by atoms with Crippen LogP contribution < -0.4 is 56.5 Å². The molecule has 0 amide bonds. The van der Waals surface area contributed by atoms with Gasteiger partial charge in [-0.2, -0.15) is 0 Å². The van der Waals surface area contributed by atoms with Crippen LogP contribution in [0.1, 0.15) is 79.4 Å². The first-order valence-electron chi connectivity index (χ1n) is 44.1. The van der Waals surface area contributed by atoms with Crippen molar-refractivity contribution in [1.82, 2.24) is 77.2 Å². The number of fused-ring (bicyclic) bond motifs is 2. The summed E-state index contributed by atoms with van der Waals surface area (Å²) < 4.78 is 209. The number of aliphatic hydroxyl groups is 1. The minimum absolute atomic E-state index is 0.00749. The Morgan fingerprint density at radius 1 is 0.396 bits per heavy atom. The monoisotopic (exact) mass is 2200 g/mol. The summed E-state index contributed by atoms with van der Waals surface area (Å²) in [7, 11) is -5.15. The number of nitrogens with zero attached hydrogens (tertiary/aromatic N) is 12. The first-order valence-corrected chi connectivity index (χ1v) is 54.9. The van der Waals surface area contributed by atoms with Crippen LogP contribution in [0.2, 0.25) is 0 Å². The van der Waals surface area contributed by atoms with Crippen LogP contribution in [0.5, 0.6) is 0 Å². The van der Waals surface area contributed by atoms with Gasteiger partial charge in [0.1, 0.15) is 121 Å². The third kappa shape index (κ3) is 26.6. The van der Waals surface area contributed by atoms with Crippen LogP contribution in [0.4, 0.5) is 11.6 Å². The molecule has 798 valence electrons. The van der Waals surface area contributed by atoms with E-state index in [-0.39, 0.29) is 129 Å². The minimum Gasteiger partial charge on any atom is -0.387 e. The molecule has 0 aliphatic carbocycles. The number of nitrogen functional groups attached to an aromatic ring is 2. The molecule has 13 N–H and O–H groups in total. The zero-order valence-corrected chi connectivity index (χ0v) is 85.3. The maximum absolute atomic E-state index is 15.6. The molecule has 14 rings (SSSR count). The molecule has 60 nitrogen and oxygen atoms in total. The number of aliphatic hydroxyl groups excluding tert-OH is 1. The lowest BCUT2D eigenvalue weighted by atomic mass is 10.1. The predicted molar refractivity (Wildman–Crippen MR) is 500 cm³/mol. The number of thiol groups is 1. The molecule has 0 saturated carbocycles. The zero-order chi connectivity index (χ0) is 104. The van der Waals surface area contributed by atoms with Crippen molar-refractivity contribution >= 4 is 106 Å². The number of ether oxygens (including phenoxy) is 16. The van der Waals surface area contributed by atoms with Crippen molar-refractivity contribution in [2.45, 2.75) is 189 Å². The highest BCUT2D eigenvalue weighted by molar-refractivity contribution is 8.44. The number of H-pyrrole nitrogens is 4. The van der Waals surface area contributed by atoms with E-state index in [9.17, 15) is 63.0 Å². The summed E-state index contributed by atoms with van der Waals surface area (Å²) in [6.07, 6.45) is -28.0. The molecule has 68 heteroatoms. The van der Waals surface area contributed by atoms with Gasteiger partial charge in [0, 0.05) is 89.0 Å². The fourth-order valence-corrected chi connectivity index (χ4v) is 22.8. The Morgan fingerprint density at radius 2 is 0.708 bits per heavy atom. The highest BCUT2D eigenvalue weighted by atomic mass is 32.7. The van der Waals surface area contributed by atoms with Gasteiger partial charge in [0.05, 0.1) is 124 Å². The van der Waals surface area contributed by atoms with Gasteiger partial charge in [-0.15, -0.1) is 0 Å². The van der Waals surface area contributed by atoms with Crippen molar-refractivity contribution in [3.63, 3.8) is 0 Å². The molecule has 0 radical (unpaired) electrons. The van der Waals surface area contributed by atoms with Crippen LogP contribution in [-0.4, -0.2) is 340 Å². The van der Waals surface area contributed by atoms with Crippen LogP contribution in [-0.2, 0) is 158 Å². The Balaban J connectivity index is 0.755. The van der Waals surface area contributed by atoms with E-state index in [1.54, 1.807) is 6.92 Å².